The Morgan fingerprint density at radius 2 is 1.91 bits per heavy atom. The van der Waals surface area contributed by atoms with Gasteiger partial charge in [-0.1, -0.05) is 59.5 Å². The average molecular weight is 498 g/mol. The molecule has 0 radical (unpaired) electrons. The number of aromatic nitrogens is 1. The molecule has 1 unspecified atom stereocenters. The highest BCUT2D eigenvalue weighted by Gasteiger charge is 2.40. The zero-order valence-corrected chi connectivity index (χ0v) is 22.8. The highest BCUT2D eigenvalue weighted by atomic mass is 28.3. The molecule has 1 amide bonds. The highest BCUT2D eigenvalue weighted by molar-refractivity contribution is 6.76. The molecule has 3 rings (SSSR count). The molecule has 188 valence electrons. The number of aliphatic hydroxyl groups is 1. The first kappa shape index (κ1) is 26.8. The highest BCUT2D eigenvalue weighted by Crippen LogP contribution is 2.43. The van der Waals surface area contributed by atoms with Crippen LogP contribution in [0.25, 0.3) is 11.1 Å². The summed E-state index contributed by atoms with van der Waals surface area (Å²) in [5.74, 6) is -0.436. The van der Waals surface area contributed by atoms with Crippen molar-refractivity contribution in [2.75, 3.05) is 13.2 Å². The Balaban J connectivity index is 2.18. The van der Waals surface area contributed by atoms with Gasteiger partial charge in [0.15, 0.2) is 6.10 Å². The maximum atomic E-state index is 13.8. The third-order valence-electron chi connectivity index (χ3n) is 6.35. The molecule has 0 spiro atoms. The second-order valence-corrected chi connectivity index (χ2v) is 17.1. The number of rotatable bonds is 6. The molecule has 2 aromatic rings. The van der Waals surface area contributed by atoms with E-state index in [0.29, 0.717) is 35.5 Å². The summed E-state index contributed by atoms with van der Waals surface area (Å²) < 4.78 is 19.4. The zero-order valence-electron chi connectivity index (χ0n) is 21.8. The first-order valence-corrected chi connectivity index (χ1v) is 15.8. The summed E-state index contributed by atoms with van der Waals surface area (Å²) in [4.78, 5) is 19.7. The number of hydrogen-bond acceptors (Lipinski definition) is 5. The lowest BCUT2D eigenvalue weighted by Gasteiger charge is -2.40. The van der Waals surface area contributed by atoms with Crippen LogP contribution in [0.15, 0.2) is 24.3 Å². The van der Waals surface area contributed by atoms with Crippen molar-refractivity contribution in [3.05, 3.63) is 52.6 Å². The van der Waals surface area contributed by atoms with Gasteiger partial charge in [-0.05, 0) is 35.2 Å². The van der Waals surface area contributed by atoms with Crippen molar-refractivity contribution in [2.45, 2.75) is 77.4 Å². The number of aliphatic hydroxyl groups excluding tert-OH is 1. The normalized spacial score (nSPS) is 16.0. The number of halogens is 1. The second-order valence-electron chi connectivity index (χ2n) is 11.5. The van der Waals surface area contributed by atoms with Gasteiger partial charge < -0.3 is 14.7 Å². The van der Waals surface area contributed by atoms with E-state index in [1.807, 2.05) is 33.8 Å². The number of pyridine rings is 1. The summed E-state index contributed by atoms with van der Waals surface area (Å²) in [6, 6.07) is 8.82. The van der Waals surface area contributed by atoms with Gasteiger partial charge in [0.1, 0.15) is 5.82 Å². The Morgan fingerprint density at radius 1 is 1.29 bits per heavy atom. The van der Waals surface area contributed by atoms with Crippen LogP contribution in [-0.2, 0) is 16.7 Å². The number of benzene rings is 1. The zero-order chi connectivity index (χ0) is 26.1. The fourth-order valence-corrected chi connectivity index (χ4v) is 5.28. The minimum Gasteiger partial charge on any atom is -0.450 e. The molecule has 0 aliphatic carbocycles. The predicted octanol–water partition coefficient (Wildman–Crippen LogP) is 6.14. The van der Waals surface area contributed by atoms with Crippen LogP contribution in [0, 0.1) is 17.1 Å². The van der Waals surface area contributed by atoms with Gasteiger partial charge in [-0.25, -0.2) is 9.18 Å². The summed E-state index contributed by atoms with van der Waals surface area (Å²) in [5.41, 5.74) is 3.43. The standard InChI is InChI=1S/C27H36FN3O3Si/c1-17(2)24-23(21(32)14-29)22(18-8-10-19(28)11-9-18)20-15-31(16-27(3,4)25(20)30-24)26(33)34-12-13-35(5,6)7/h8-11,17,21,32H,12-13,15-16H2,1-7H3. The van der Waals surface area contributed by atoms with E-state index in [9.17, 15) is 19.6 Å². The van der Waals surface area contributed by atoms with Gasteiger partial charge in [0.05, 0.1) is 30.6 Å². The predicted molar refractivity (Wildman–Crippen MR) is 137 cm³/mol. The van der Waals surface area contributed by atoms with Crippen molar-refractivity contribution < 1.29 is 19.0 Å². The first-order valence-electron chi connectivity index (χ1n) is 12.1. The lowest BCUT2D eigenvalue weighted by molar-refractivity contribution is 0.0906. The van der Waals surface area contributed by atoms with Gasteiger partial charge in [-0.3, -0.25) is 4.98 Å². The second kappa shape index (κ2) is 10.1. The van der Waals surface area contributed by atoms with Crippen molar-refractivity contribution >= 4 is 14.2 Å². The summed E-state index contributed by atoms with van der Waals surface area (Å²) in [6.07, 6.45) is -1.80. The molecule has 1 aliphatic rings. The van der Waals surface area contributed by atoms with Crippen molar-refractivity contribution in [2.24, 2.45) is 0 Å². The molecule has 1 aliphatic heterocycles. The van der Waals surface area contributed by atoms with Crippen LogP contribution in [0.3, 0.4) is 0 Å². The number of carbonyl (C=O) groups is 1. The van der Waals surface area contributed by atoms with E-state index < -0.39 is 19.6 Å². The van der Waals surface area contributed by atoms with Crippen LogP contribution in [0.4, 0.5) is 9.18 Å². The van der Waals surface area contributed by atoms with Crippen LogP contribution in [0.5, 0.6) is 0 Å². The molecule has 0 saturated heterocycles. The fraction of sp³-hybridized carbons (Fsp3) is 0.519. The van der Waals surface area contributed by atoms with E-state index in [2.05, 4.69) is 19.6 Å². The average Bonchev–Trinajstić information content (AvgIpc) is 2.76. The third-order valence-corrected chi connectivity index (χ3v) is 8.06. The van der Waals surface area contributed by atoms with Gasteiger partial charge in [-0.15, -0.1) is 0 Å². The van der Waals surface area contributed by atoms with Gasteiger partial charge in [0.2, 0.25) is 0 Å². The van der Waals surface area contributed by atoms with E-state index in [1.54, 1.807) is 17.0 Å². The molecule has 6 nitrogen and oxygen atoms in total. The Kier molecular flexibility index (Phi) is 7.73. The van der Waals surface area contributed by atoms with E-state index in [1.165, 1.54) is 12.1 Å². The fourth-order valence-electron chi connectivity index (χ4n) is 4.56. The van der Waals surface area contributed by atoms with E-state index >= 15 is 0 Å². The summed E-state index contributed by atoms with van der Waals surface area (Å²) in [6.45, 7) is 15.7. The first-order chi connectivity index (χ1) is 16.2. The minimum atomic E-state index is -1.41. The number of carbonyl (C=O) groups excluding carboxylic acids is 1. The van der Waals surface area contributed by atoms with Crippen LogP contribution in [0.2, 0.25) is 25.7 Å². The SMILES string of the molecule is CC(C)c1nc2c(c(-c3ccc(F)cc3)c1C(O)C#N)CN(C(=O)OCC[Si](C)(C)C)CC2(C)C. The number of amides is 1. The van der Waals surface area contributed by atoms with Crippen LogP contribution >= 0.6 is 0 Å². The number of nitrogens with zero attached hydrogens (tertiary/aromatic N) is 3. The van der Waals surface area contributed by atoms with Gasteiger partial charge in [-0.2, -0.15) is 5.26 Å². The number of fused-ring (bicyclic) bond motifs is 1. The van der Waals surface area contributed by atoms with Gasteiger partial charge in [0.25, 0.3) is 0 Å². The Bertz CT molecular complexity index is 1130. The van der Waals surface area contributed by atoms with Gasteiger partial charge >= 0.3 is 6.09 Å². The summed E-state index contributed by atoms with van der Waals surface area (Å²) in [7, 11) is -1.35. The van der Waals surface area contributed by atoms with Crippen LogP contribution in [0.1, 0.15) is 62.2 Å². The molecular weight excluding hydrogens is 461 g/mol. The molecule has 1 aromatic heterocycles. The monoisotopic (exact) mass is 497 g/mol. The smallest absolute Gasteiger partial charge is 0.410 e. The lowest BCUT2D eigenvalue weighted by Crippen LogP contribution is -2.46. The minimum absolute atomic E-state index is 0.0575. The Labute approximate surface area is 208 Å². The third kappa shape index (κ3) is 5.91. The maximum absolute atomic E-state index is 13.8. The topological polar surface area (TPSA) is 86.5 Å². The van der Waals surface area contributed by atoms with Gasteiger partial charge in [0, 0.05) is 31.2 Å². The largest absolute Gasteiger partial charge is 0.450 e. The lowest BCUT2D eigenvalue weighted by atomic mass is 9.77. The molecule has 1 aromatic carbocycles. The van der Waals surface area contributed by atoms with Crippen molar-refractivity contribution in [3.8, 4) is 17.2 Å². The number of hydrogen-bond donors (Lipinski definition) is 1. The van der Waals surface area contributed by atoms with Crippen LogP contribution < -0.4 is 0 Å². The Hall–Kier alpha value is -2.76. The molecule has 1 atom stereocenters. The summed E-state index contributed by atoms with van der Waals surface area (Å²) >= 11 is 0. The number of ether oxygens (including phenoxy) is 1. The van der Waals surface area contributed by atoms with Crippen molar-refractivity contribution in [1.82, 2.24) is 9.88 Å². The van der Waals surface area contributed by atoms with E-state index in [-0.39, 0.29) is 24.4 Å². The molecule has 0 bridgehead atoms. The molecular formula is C27H36FN3O3Si. The number of nitriles is 1. The van der Waals surface area contributed by atoms with E-state index in [0.717, 1.165) is 17.3 Å². The molecule has 0 saturated carbocycles. The molecule has 35 heavy (non-hydrogen) atoms. The summed E-state index contributed by atoms with van der Waals surface area (Å²) in [5, 5.41) is 20.4. The maximum Gasteiger partial charge on any atom is 0.410 e. The molecule has 1 N–H and O–H groups in total. The molecule has 0 fully saturated rings. The van der Waals surface area contributed by atoms with E-state index in [4.69, 9.17) is 9.72 Å². The van der Waals surface area contributed by atoms with Crippen molar-refractivity contribution in [3.63, 3.8) is 0 Å². The van der Waals surface area contributed by atoms with Crippen LogP contribution in [-0.4, -0.2) is 42.3 Å². The van der Waals surface area contributed by atoms with Crippen molar-refractivity contribution in [1.29, 1.82) is 5.26 Å². The quantitative estimate of drug-likeness (QED) is 0.383. The molecule has 8 heteroatoms. The molecule has 2 heterocycles. The Morgan fingerprint density at radius 3 is 2.46 bits per heavy atom.